The molecule has 0 radical (unpaired) electrons. The number of carboxylic acids is 1. The van der Waals surface area contributed by atoms with Crippen molar-refractivity contribution >= 4 is 50.8 Å². The van der Waals surface area contributed by atoms with Crippen LogP contribution in [-0.2, 0) is 11.3 Å². The SMILES string of the molecule is CCCC(CCO)Nc1nc(NC(=O)OC)nc2c(Br)nn(Cc3ccc(C(=O)O)cc3OC(F)F)c12. The highest BCUT2D eigenvalue weighted by Crippen LogP contribution is 2.31. The number of fused-ring (bicyclic) bond motifs is 1. The van der Waals surface area contributed by atoms with E-state index in [9.17, 15) is 28.6 Å². The Labute approximate surface area is 218 Å². The molecule has 0 bridgehead atoms. The Hall–Kier alpha value is -3.59. The smallest absolute Gasteiger partial charge is 0.413 e. The monoisotopic (exact) mass is 586 g/mol. The molecule has 2 heterocycles. The van der Waals surface area contributed by atoms with Crippen molar-refractivity contribution < 1.29 is 38.1 Å². The number of amides is 1. The third kappa shape index (κ3) is 7.01. The number of aliphatic hydroxyl groups excluding tert-OH is 1. The Kier molecular flexibility index (Phi) is 9.52. The van der Waals surface area contributed by atoms with Gasteiger partial charge in [0.05, 0.1) is 19.2 Å². The minimum atomic E-state index is -3.18. The normalized spacial score (nSPS) is 12.0. The Morgan fingerprint density at radius 1 is 1.24 bits per heavy atom. The number of methoxy groups -OCH3 is 1. The molecule has 3 rings (SSSR count). The van der Waals surface area contributed by atoms with Crippen molar-refractivity contribution in [1.82, 2.24) is 19.7 Å². The first-order valence-corrected chi connectivity index (χ1v) is 11.9. The van der Waals surface area contributed by atoms with Crippen LogP contribution in [-0.4, -0.2) is 68.4 Å². The van der Waals surface area contributed by atoms with E-state index in [0.29, 0.717) is 23.9 Å². The van der Waals surface area contributed by atoms with Gasteiger partial charge in [-0.25, -0.2) is 14.6 Å². The van der Waals surface area contributed by atoms with E-state index in [0.717, 1.165) is 12.5 Å². The van der Waals surface area contributed by atoms with Gasteiger partial charge < -0.3 is 25.0 Å². The van der Waals surface area contributed by atoms with Crippen molar-refractivity contribution in [3.05, 3.63) is 33.9 Å². The Morgan fingerprint density at radius 2 is 2.00 bits per heavy atom. The maximum absolute atomic E-state index is 13.1. The fraction of sp³-hybridized carbons (Fsp3) is 0.409. The summed E-state index contributed by atoms with van der Waals surface area (Å²) >= 11 is 3.34. The topological polar surface area (TPSA) is 161 Å². The molecule has 200 valence electrons. The van der Waals surface area contributed by atoms with Crippen LogP contribution in [0.25, 0.3) is 11.0 Å². The van der Waals surface area contributed by atoms with Crippen molar-refractivity contribution in [3.63, 3.8) is 0 Å². The van der Waals surface area contributed by atoms with Crippen LogP contribution in [0.4, 0.5) is 25.3 Å². The van der Waals surface area contributed by atoms with Crippen molar-refractivity contribution in [2.75, 3.05) is 24.4 Å². The van der Waals surface area contributed by atoms with Crippen molar-refractivity contribution in [2.45, 2.75) is 45.4 Å². The first-order valence-electron chi connectivity index (χ1n) is 11.1. The first-order chi connectivity index (χ1) is 17.7. The summed E-state index contributed by atoms with van der Waals surface area (Å²) in [6.45, 7) is -1.38. The molecule has 15 heteroatoms. The molecule has 1 aromatic carbocycles. The number of nitrogens with one attached hydrogen (secondary N) is 2. The number of nitrogens with zero attached hydrogens (tertiary/aromatic N) is 4. The molecule has 12 nitrogen and oxygen atoms in total. The van der Waals surface area contributed by atoms with Crippen LogP contribution in [0.15, 0.2) is 22.8 Å². The zero-order valence-electron chi connectivity index (χ0n) is 19.9. The summed E-state index contributed by atoms with van der Waals surface area (Å²) in [5.74, 6) is -1.43. The molecule has 0 spiro atoms. The van der Waals surface area contributed by atoms with E-state index in [1.54, 1.807) is 0 Å². The van der Waals surface area contributed by atoms with Gasteiger partial charge in [-0.15, -0.1) is 0 Å². The molecular weight excluding hydrogens is 562 g/mol. The average molecular weight is 587 g/mol. The Bertz CT molecular complexity index is 1270. The van der Waals surface area contributed by atoms with Gasteiger partial charge in [-0.05, 0) is 40.9 Å². The second kappa shape index (κ2) is 12.6. The van der Waals surface area contributed by atoms with Crippen molar-refractivity contribution in [1.29, 1.82) is 0 Å². The van der Waals surface area contributed by atoms with E-state index in [2.05, 4.69) is 51.1 Å². The predicted molar refractivity (Wildman–Crippen MR) is 132 cm³/mol. The molecule has 0 aliphatic heterocycles. The highest BCUT2D eigenvalue weighted by atomic mass is 79.9. The maximum Gasteiger partial charge on any atom is 0.413 e. The lowest BCUT2D eigenvalue weighted by atomic mass is 10.1. The summed E-state index contributed by atoms with van der Waals surface area (Å²) in [4.78, 5) is 31.8. The standard InChI is InChI=1S/C22H25BrF2N6O6/c1-3-4-13(7-8-32)26-18-16-15(27-21(28-18)29-22(35)36-2)17(23)30-31(16)10-12-6-5-11(19(33)34)9-14(12)37-20(24)25/h5-6,9,13,20,32H,3-4,7-8,10H2,1-2H3,(H,33,34)(H2,26,27,28,29,35). The third-order valence-electron chi connectivity index (χ3n) is 5.25. The van der Waals surface area contributed by atoms with Crippen LogP contribution < -0.4 is 15.4 Å². The van der Waals surface area contributed by atoms with Crippen LogP contribution in [0.3, 0.4) is 0 Å². The molecule has 1 amide bonds. The number of carbonyl (C=O) groups is 2. The zero-order chi connectivity index (χ0) is 27.1. The molecule has 0 saturated carbocycles. The average Bonchev–Trinajstić information content (AvgIpc) is 3.15. The summed E-state index contributed by atoms with van der Waals surface area (Å²) in [5, 5.41) is 28.8. The molecule has 2 aromatic heterocycles. The molecule has 0 aliphatic rings. The number of alkyl halides is 2. The number of rotatable bonds is 12. The van der Waals surface area contributed by atoms with Crippen LogP contribution in [0, 0.1) is 0 Å². The number of aliphatic hydroxyl groups is 1. The van der Waals surface area contributed by atoms with Gasteiger partial charge in [-0.3, -0.25) is 10.00 Å². The number of hydrogen-bond acceptors (Lipinski definition) is 9. The van der Waals surface area contributed by atoms with Gasteiger partial charge in [0.15, 0.2) is 10.4 Å². The maximum atomic E-state index is 13.1. The summed E-state index contributed by atoms with van der Waals surface area (Å²) < 4.78 is 37.0. The van der Waals surface area contributed by atoms with Crippen LogP contribution >= 0.6 is 15.9 Å². The second-order valence-electron chi connectivity index (χ2n) is 7.81. The van der Waals surface area contributed by atoms with E-state index in [1.807, 2.05) is 6.92 Å². The largest absolute Gasteiger partial charge is 0.478 e. The lowest BCUT2D eigenvalue weighted by molar-refractivity contribution is -0.0505. The molecular formula is C22H25BrF2N6O6. The minimum absolute atomic E-state index is 0.0751. The van der Waals surface area contributed by atoms with Crippen molar-refractivity contribution in [3.8, 4) is 5.75 Å². The number of aromatic carboxylic acids is 1. The number of aromatic nitrogens is 4. The third-order valence-corrected chi connectivity index (χ3v) is 5.79. The van der Waals surface area contributed by atoms with Crippen LogP contribution in [0.5, 0.6) is 5.75 Å². The fourth-order valence-corrected chi connectivity index (χ4v) is 4.10. The van der Waals surface area contributed by atoms with E-state index >= 15 is 0 Å². The molecule has 37 heavy (non-hydrogen) atoms. The van der Waals surface area contributed by atoms with E-state index in [4.69, 9.17) is 0 Å². The van der Waals surface area contributed by atoms with E-state index in [1.165, 1.54) is 23.9 Å². The summed E-state index contributed by atoms with van der Waals surface area (Å²) in [6, 6.07) is 3.45. The zero-order valence-corrected chi connectivity index (χ0v) is 21.5. The minimum Gasteiger partial charge on any atom is -0.478 e. The summed E-state index contributed by atoms with van der Waals surface area (Å²) in [7, 11) is 1.19. The number of anilines is 2. The highest BCUT2D eigenvalue weighted by molar-refractivity contribution is 9.10. The van der Waals surface area contributed by atoms with Gasteiger partial charge >= 0.3 is 18.7 Å². The Balaban J connectivity index is 2.14. The molecule has 0 fully saturated rings. The number of carboxylic acid groups (broad SMARTS) is 1. The number of hydrogen-bond donors (Lipinski definition) is 4. The molecule has 1 atom stereocenters. The highest BCUT2D eigenvalue weighted by Gasteiger charge is 2.22. The summed E-state index contributed by atoms with van der Waals surface area (Å²) in [6.07, 6.45) is 1.13. The quantitative estimate of drug-likeness (QED) is 0.243. The Morgan fingerprint density at radius 3 is 2.62 bits per heavy atom. The van der Waals surface area contributed by atoms with Crippen LogP contribution in [0.1, 0.15) is 42.1 Å². The first kappa shape index (κ1) is 28.0. The van der Waals surface area contributed by atoms with E-state index in [-0.39, 0.29) is 52.4 Å². The van der Waals surface area contributed by atoms with Crippen molar-refractivity contribution in [2.24, 2.45) is 0 Å². The van der Waals surface area contributed by atoms with Gasteiger partial charge in [-0.2, -0.15) is 18.9 Å². The number of halogens is 3. The fourth-order valence-electron chi connectivity index (χ4n) is 3.63. The van der Waals surface area contributed by atoms with E-state index < -0.39 is 18.7 Å². The molecule has 0 saturated heterocycles. The predicted octanol–water partition coefficient (Wildman–Crippen LogP) is 4.08. The van der Waals surface area contributed by atoms with Gasteiger partial charge in [0.1, 0.15) is 16.8 Å². The summed E-state index contributed by atoms with van der Waals surface area (Å²) in [5.41, 5.74) is 0.667. The second-order valence-corrected chi connectivity index (χ2v) is 8.56. The lowest BCUT2D eigenvalue weighted by Gasteiger charge is -2.19. The van der Waals surface area contributed by atoms with Gasteiger partial charge in [-0.1, -0.05) is 19.4 Å². The van der Waals surface area contributed by atoms with Gasteiger partial charge in [0, 0.05) is 18.2 Å². The number of carbonyl (C=O) groups excluding carboxylic acids is 1. The lowest BCUT2D eigenvalue weighted by Crippen LogP contribution is -2.23. The van der Waals surface area contributed by atoms with Gasteiger partial charge in [0.25, 0.3) is 0 Å². The molecule has 0 aliphatic carbocycles. The molecule has 3 aromatic rings. The van der Waals surface area contributed by atoms with Crippen LogP contribution in [0.2, 0.25) is 0 Å². The van der Waals surface area contributed by atoms with Gasteiger partial charge in [0.2, 0.25) is 5.95 Å². The molecule has 1 unspecified atom stereocenters. The number of benzene rings is 1. The molecule has 4 N–H and O–H groups in total. The number of ether oxygens (including phenoxy) is 2.